The Hall–Kier alpha value is -4.92. The molecule has 0 radical (unpaired) electrons. The molecule has 0 spiro atoms. The fourth-order valence-corrected chi connectivity index (χ4v) is 6.47. The van der Waals surface area contributed by atoms with Crippen molar-refractivity contribution in [1.82, 2.24) is 29.7 Å². The predicted molar refractivity (Wildman–Crippen MR) is 185 cm³/mol. The minimum absolute atomic E-state index is 0.0475. The molecule has 11 nitrogen and oxygen atoms in total. The zero-order valence-electron chi connectivity index (χ0n) is 26.9. The fraction of sp³-hybridized carbons (Fsp3) is 0.265. The number of aryl methyl sites for hydroxylation is 1. The third-order valence-corrected chi connectivity index (χ3v) is 9.30. The minimum atomic E-state index is -4.87. The summed E-state index contributed by atoms with van der Waals surface area (Å²) >= 11 is 13.8. The molecule has 3 N–H and O–H groups in total. The standard InChI is InChI=1S/C34H30Cl2F3N7O4/c1-45-24-14-25(34(37,38)39)44-30(27(24)32(48)46(2)33(45)49)42-23-9-5-7-20(29(23)36)19-6-4-8-21(28(19)35)22-12-10-17(31(43-22)50-3)15-40-16-18-11-13-26(47)41-18/h4-10,12,14,18,40H,11,13,15-16H2,1-3H3,(H,41,47)(H,42,44)/t18-/m0/s1. The monoisotopic (exact) mass is 727 g/mol. The molecule has 0 aliphatic carbocycles. The number of anilines is 2. The molecule has 2 aromatic carbocycles. The molecule has 0 bridgehead atoms. The Morgan fingerprint density at radius 1 is 0.960 bits per heavy atom. The molecule has 50 heavy (non-hydrogen) atoms. The van der Waals surface area contributed by atoms with Crippen LogP contribution in [0.25, 0.3) is 33.3 Å². The van der Waals surface area contributed by atoms with E-state index in [1.54, 1.807) is 36.4 Å². The summed E-state index contributed by atoms with van der Waals surface area (Å²) in [6.45, 7) is 1.07. The van der Waals surface area contributed by atoms with Crippen LogP contribution in [0.3, 0.4) is 0 Å². The minimum Gasteiger partial charge on any atom is -0.481 e. The molecule has 5 aromatic rings. The fourth-order valence-electron chi connectivity index (χ4n) is 5.87. The van der Waals surface area contributed by atoms with E-state index < -0.39 is 28.9 Å². The number of fused-ring (bicyclic) bond motifs is 1. The number of hydrogen-bond donors (Lipinski definition) is 3. The number of amides is 1. The lowest BCUT2D eigenvalue weighted by molar-refractivity contribution is -0.141. The van der Waals surface area contributed by atoms with Gasteiger partial charge < -0.3 is 20.7 Å². The highest BCUT2D eigenvalue weighted by molar-refractivity contribution is 6.39. The maximum atomic E-state index is 13.9. The van der Waals surface area contributed by atoms with Crippen molar-refractivity contribution in [2.75, 3.05) is 19.0 Å². The molecule has 0 unspecified atom stereocenters. The molecule has 1 aliphatic heterocycles. The van der Waals surface area contributed by atoms with Crippen LogP contribution < -0.4 is 31.9 Å². The number of nitrogens with one attached hydrogen (secondary N) is 3. The number of rotatable bonds is 9. The van der Waals surface area contributed by atoms with Crippen LogP contribution in [0.15, 0.2) is 64.2 Å². The average Bonchev–Trinajstić information content (AvgIpc) is 3.51. The molecule has 3 aromatic heterocycles. The van der Waals surface area contributed by atoms with Gasteiger partial charge in [-0.15, -0.1) is 0 Å². The first-order valence-corrected chi connectivity index (χ1v) is 16.1. The maximum absolute atomic E-state index is 13.9. The van der Waals surface area contributed by atoms with Crippen LogP contribution >= 0.6 is 23.2 Å². The van der Waals surface area contributed by atoms with Crippen LogP contribution in [0.4, 0.5) is 24.7 Å². The number of carbonyl (C=O) groups is 1. The van der Waals surface area contributed by atoms with E-state index in [9.17, 15) is 27.6 Å². The van der Waals surface area contributed by atoms with Gasteiger partial charge in [-0.2, -0.15) is 13.2 Å². The second-order valence-corrected chi connectivity index (χ2v) is 12.5. The first-order chi connectivity index (χ1) is 23.8. The molecular weight excluding hydrogens is 698 g/mol. The van der Waals surface area contributed by atoms with E-state index in [1.165, 1.54) is 27.3 Å². The van der Waals surface area contributed by atoms with Crippen LogP contribution in [-0.4, -0.2) is 44.7 Å². The van der Waals surface area contributed by atoms with Crippen molar-refractivity contribution in [2.45, 2.75) is 31.6 Å². The Labute approximate surface area is 293 Å². The SMILES string of the molecule is COc1nc(-c2cccc(-c3cccc(Nc4nc(C(F)(F)F)cc5c4c(=O)n(C)c(=O)n5C)c3Cl)c2Cl)ccc1CNC[C@@H]1CCC(=O)N1. The molecular formula is C34H30Cl2F3N7O4. The van der Waals surface area contributed by atoms with E-state index in [0.29, 0.717) is 58.9 Å². The zero-order chi connectivity index (χ0) is 35.9. The number of hydrogen-bond acceptors (Lipinski definition) is 8. The molecule has 6 rings (SSSR count). The van der Waals surface area contributed by atoms with Gasteiger partial charge in [0.05, 0.1) is 34.1 Å². The lowest BCUT2D eigenvalue weighted by Gasteiger charge is -2.17. The first kappa shape index (κ1) is 34.9. The summed E-state index contributed by atoms with van der Waals surface area (Å²) in [5.41, 5.74) is -0.201. The molecule has 1 saturated heterocycles. The number of carbonyl (C=O) groups excluding carboxylic acids is 1. The van der Waals surface area contributed by atoms with Crippen LogP contribution in [0.5, 0.6) is 5.88 Å². The van der Waals surface area contributed by atoms with Gasteiger partial charge in [-0.25, -0.2) is 14.8 Å². The van der Waals surface area contributed by atoms with E-state index >= 15 is 0 Å². The quantitative estimate of drug-likeness (QED) is 0.174. The zero-order valence-corrected chi connectivity index (χ0v) is 28.4. The van der Waals surface area contributed by atoms with E-state index in [0.717, 1.165) is 21.1 Å². The smallest absolute Gasteiger partial charge is 0.433 e. The summed E-state index contributed by atoms with van der Waals surface area (Å²) in [5, 5.41) is 9.21. The Balaban J connectivity index is 1.34. The van der Waals surface area contributed by atoms with Gasteiger partial charge in [0.2, 0.25) is 11.8 Å². The molecule has 1 amide bonds. The van der Waals surface area contributed by atoms with Gasteiger partial charge in [0.1, 0.15) is 16.9 Å². The topological polar surface area (TPSA) is 132 Å². The number of nitrogens with zero attached hydrogens (tertiary/aromatic N) is 4. The van der Waals surface area contributed by atoms with Gasteiger partial charge in [0.25, 0.3) is 5.56 Å². The first-order valence-electron chi connectivity index (χ1n) is 15.3. The van der Waals surface area contributed by atoms with Crippen LogP contribution in [0.2, 0.25) is 10.0 Å². The molecule has 1 fully saturated rings. The Morgan fingerprint density at radius 2 is 1.66 bits per heavy atom. The van der Waals surface area contributed by atoms with E-state index in [2.05, 4.69) is 25.9 Å². The number of methoxy groups -OCH3 is 1. The number of benzene rings is 2. The lowest BCUT2D eigenvalue weighted by atomic mass is 10.00. The van der Waals surface area contributed by atoms with Crippen molar-refractivity contribution < 1.29 is 22.7 Å². The second-order valence-electron chi connectivity index (χ2n) is 11.7. The highest BCUT2D eigenvalue weighted by Crippen LogP contribution is 2.42. The number of alkyl halides is 3. The van der Waals surface area contributed by atoms with Crippen molar-refractivity contribution in [1.29, 1.82) is 0 Å². The average molecular weight is 729 g/mol. The lowest BCUT2D eigenvalue weighted by Crippen LogP contribution is -2.37. The van der Waals surface area contributed by atoms with Gasteiger partial charge in [-0.05, 0) is 24.6 Å². The number of pyridine rings is 2. The number of aromatic nitrogens is 4. The number of halogens is 5. The molecule has 1 aliphatic rings. The second kappa shape index (κ2) is 13.8. The summed E-state index contributed by atoms with van der Waals surface area (Å²) < 4.78 is 49.0. The van der Waals surface area contributed by atoms with Crippen LogP contribution in [0.1, 0.15) is 24.1 Å². The van der Waals surface area contributed by atoms with E-state index in [1.807, 2.05) is 6.07 Å². The molecule has 4 heterocycles. The van der Waals surface area contributed by atoms with Gasteiger partial charge >= 0.3 is 11.9 Å². The summed E-state index contributed by atoms with van der Waals surface area (Å²) in [4.78, 5) is 45.6. The van der Waals surface area contributed by atoms with Crippen LogP contribution in [-0.2, 0) is 31.6 Å². The molecule has 16 heteroatoms. The van der Waals surface area contributed by atoms with Gasteiger partial charge in [-0.1, -0.05) is 59.6 Å². The summed E-state index contributed by atoms with van der Waals surface area (Å²) in [6, 6.07) is 14.5. The molecule has 0 saturated carbocycles. The summed E-state index contributed by atoms with van der Waals surface area (Å²) in [5.74, 6) is 0.00995. The largest absolute Gasteiger partial charge is 0.481 e. The maximum Gasteiger partial charge on any atom is 0.433 e. The Kier molecular flexibility index (Phi) is 9.62. The highest BCUT2D eigenvalue weighted by atomic mass is 35.5. The predicted octanol–water partition coefficient (Wildman–Crippen LogP) is 5.81. The van der Waals surface area contributed by atoms with Crippen molar-refractivity contribution in [3.8, 4) is 28.3 Å². The summed E-state index contributed by atoms with van der Waals surface area (Å²) in [6.07, 6.45) is -3.58. The van der Waals surface area contributed by atoms with Crippen molar-refractivity contribution in [2.24, 2.45) is 14.1 Å². The van der Waals surface area contributed by atoms with E-state index in [-0.39, 0.29) is 33.6 Å². The Morgan fingerprint density at radius 3 is 2.34 bits per heavy atom. The normalized spacial score (nSPS) is 14.6. The third kappa shape index (κ3) is 6.65. The van der Waals surface area contributed by atoms with Gasteiger partial charge in [-0.3, -0.25) is 18.7 Å². The van der Waals surface area contributed by atoms with Gasteiger partial charge in [0.15, 0.2) is 0 Å². The van der Waals surface area contributed by atoms with E-state index in [4.69, 9.17) is 27.9 Å². The molecule has 1 atom stereocenters. The summed E-state index contributed by atoms with van der Waals surface area (Å²) in [7, 11) is 4.01. The van der Waals surface area contributed by atoms with Gasteiger partial charge in [0, 0.05) is 61.9 Å². The van der Waals surface area contributed by atoms with Crippen molar-refractivity contribution in [3.63, 3.8) is 0 Å². The van der Waals surface area contributed by atoms with Crippen molar-refractivity contribution in [3.05, 3.63) is 96.7 Å². The Bertz CT molecular complexity index is 2270. The van der Waals surface area contributed by atoms with Crippen molar-refractivity contribution >= 4 is 51.5 Å². The third-order valence-electron chi connectivity index (χ3n) is 8.48. The highest BCUT2D eigenvalue weighted by Gasteiger charge is 2.34. The molecule has 260 valence electrons. The van der Waals surface area contributed by atoms with Crippen LogP contribution in [0, 0.1) is 0 Å². The number of ether oxygens (including phenoxy) is 1.